The Morgan fingerprint density at radius 1 is 1.08 bits per heavy atom. The smallest absolute Gasteiger partial charge is 0.253 e. The highest BCUT2D eigenvalue weighted by atomic mass is 19.1. The van der Waals surface area contributed by atoms with Crippen LogP contribution in [0.4, 0.5) is 4.39 Å². The summed E-state index contributed by atoms with van der Waals surface area (Å²) < 4.78 is 21.0. The van der Waals surface area contributed by atoms with Gasteiger partial charge in [0.15, 0.2) is 0 Å². The number of aryl methyl sites for hydroxylation is 1. The number of piperidine rings is 1. The molecular weight excluding hydrogens is 479 g/mol. The molecule has 0 bridgehead atoms. The van der Waals surface area contributed by atoms with Gasteiger partial charge in [-0.15, -0.1) is 0 Å². The first-order valence-corrected chi connectivity index (χ1v) is 13.4. The molecule has 6 nitrogen and oxygen atoms in total. The maximum atomic E-state index is 13.5. The van der Waals surface area contributed by atoms with Gasteiger partial charge < -0.3 is 9.64 Å². The summed E-state index contributed by atoms with van der Waals surface area (Å²) in [6, 6.07) is 20.6. The molecule has 4 aromatic rings. The number of benzene rings is 3. The summed E-state index contributed by atoms with van der Waals surface area (Å²) in [6.45, 7) is 8.24. The molecule has 1 aromatic heterocycles. The lowest BCUT2D eigenvalue weighted by atomic mass is 9.88. The largest absolute Gasteiger partial charge is 0.379 e. The van der Waals surface area contributed by atoms with Crippen LogP contribution in [0.15, 0.2) is 72.9 Å². The number of morpholine rings is 1. The van der Waals surface area contributed by atoms with E-state index in [-0.39, 0.29) is 17.1 Å². The molecular formula is C31H31FN4O2. The maximum absolute atomic E-state index is 13.5. The molecule has 7 rings (SSSR count). The number of aromatic nitrogens is 2. The maximum Gasteiger partial charge on any atom is 0.253 e. The minimum atomic E-state index is -0.260. The highest BCUT2D eigenvalue weighted by Gasteiger charge is 2.70. The summed E-state index contributed by atoms with van der Waals surface area (Å²) in [5.74, 6) is 0.792. The number of ether oxygens (including phenoxy) is 1. The number of nitrogens with zero attached hydrogens (tertiary/aromatic N) is 4. The Balaban J connectivity index is 1.25. The Morgan fingerprint density at radius 2 is 1.84 bits per heavy atom. The Labute approximate surface area is 221 Å². The number of halogens is 1. The van der Waals surface area contributed by atoms with E-state index in [2.05, 4.69) is 34.0 Å². The van der Waals surface area contributed by atoms with Crippen LogP contribution in [-0.2, 0) is 10.2 Å². The second-order valence-corrected chi connectivity index (χ2v) is 11.0. The molecule has 0 spiro atoms. The summed E-state index contributed by atoms with van der Waals surface area (Å²) in [5.41, 5.74) is 5.08. The third-order valence-electron chi connectivity index (χ3n) is 8.92. The molecule has 0 radical (unpaired) electrons. The molecule has 3 aliphatic rings. The van der Waals surface area contributed by atoms with Crippen LogP contribution in [0.5, 0.6) is 0 Å². The van der Waals surface area contributed by atoms with Crippen molar-refractivity contribution >= 4 is 16.8 Å². The molecule has 38 heavy (non-hydrogen) atoms. The summed E-state index contributed by atoms with van der Waals surface area (Å²) in [4.78, 5) is 18.0. The van der Waals surface area contributed by atoms with Gasteiger partial charge in [-0.05, 0) is 78.4 Å². The first kappa shape index (κ1) is 23.6. The van der Waals surface area contributed by atoms with Crippen LogP contribution in [0.25, 0.3) is 16.6 Å². The van der Waals surface area contributed by atoms with Gasteiger partial charge >= 0.3 is 0 Å². The average Bonchev–Trinajstić information content (AvgIpc) is 3.25. The lowest BCUT2D eigenvalue weighted by molar-refractivity contribution is 0.0328. The standard InChI is InChI=1S/C31H31FN4O2/c1-21-15-29-23(17-33-36(29)25-9-7-24(32)8-10-25)16-26(21)31-20-35(30(37)22-5-3-2-4-6-22)19-28(31)27(31)18-34-11-13-38-14-12-34/h2-10,15-17,27-28H,11-14,18-20H2,1H3/t27-,28-,31-/m1/s1. The second kappa shape index (κ2) is 9.03. The quantitative estimate of drug-likeness (QED) is 0.398. The van der Waals surface area contributed by atoms with E-state index < -0.39 is 0 Å². The average molecular weight is 511 g/mol. The second-order valence-electron chi connectivity index (χ2n) is 11.0. The lowest BCUT2D eigenvalue weighted by Crippen LogP contribution is -2.41. The number of carbonyl (C=O) groups is 1. The van der Waals surface area contributed by atoms with Crippen LogP contribution in [0.2, 0.25) is 0 Å². The normalized spacial score (nSPS) is 25.1. The molecule has 3 heterocycles. The summed E-state index contributed by atoms with van der Waals surface area (Å²) in [7, 11) is 0. The van der Waals surface area contributed by atoms with Crippen LogP contribution in [-0.4, -0.2) is 71.4 Å². The zero-order chi connectivity index (χ0) is 25.9. The zero-order valence-electron chi connectivity index (χ0n) is 21.5. The van der Waals surface area contributed by atoms with Gasteiger partial charge in [0.2, 0.25) is 0 Å². The lowest BCUT2D eigenvalue weighted by Gasteiger charge is -2.30. The molecule has 0 N–H and O–H groups in total. The van der Waals surface area contributed by atoms with Crippen molar-refractivity contribution < 1.29 is 13.9 Å². The third kappa shape index (κ3) is 3.76. The van der Waals surface area contributed by atoms with Gasteiger partial charge in [0.05, 0.1) is 30.6 Å². The number of carbonyl (C=O) groups excluding carboxylic acids is 1. The van der Waals surface area contributed by atoms with Crippen molar-refractivity contribution in [1.82, 2.24) is 19.6 Å². The van der Waals surface area contributed by atoms with Gasteiger partial charge in [0.25, 0.3) is 5.91 Å². The number of fused-ring (bicyclic) bond motifs is 2. The first-order chi connectivity index (χ1) is 18.5. The van der Waals surface area contributed by atoms with Crippen molar-refractivity contribution in [3.05, 3.63) is 95.4 Å². The van der Waals surface area contributed by atoms with E-state index in [0.29, 0.717) is 11.8 Å². The zero-order valence-corrected chi connectivity index (χ0v) is 21.5. The van der Waals surface area contributed by atoms with Crippen LogP contribution in [0.1, 0.15) is 21.5 Å². The topological polar surface area (TPSA) is 50.6 Å². The Hall–Kier alpha value is -3.55. The number of amides is 1. The Bertz CT molecular complexity index is 1500. The van der Waals surface area contributed by atoms with E-state index in [1.807, 2.05) is 41.2 Å². The molecule has 0 unspecified atom stereocenters. The third-order valence-corrected chi connectivity index (χ3v) is 8.92. The number of hydrogen-bond acceptors (Lipinski definition) is 4. The predicted octanol–water partition coefficient (Wildman–Crippen LogP) is 4.45. The van der Waals surface area contributed by atoms with E-state index in [1.54, 1.807) is 12.1 Å². The van der Waals surface area contributed by atoms with E-state index >= 15 is 0 Å². The van der Waals surface area contributed by atoms with Crippen LogP contribution >= 0.6 is 0 Å². The molecule has 3 fully saturated rings. The molecule has 2 aliphatic heterocycles. The van der Waals surface area contributed by atoms with Gasteiger partial charge in [-0.25, -0.2) is 9.07 Å². The number of likely N-dealkylation sites (tertiary alicyclic amines) is 1. The Morgan fingerprint density at radius 3 is 2.61 bits per heavy atom. The molecule has 1 saturated carbocycles. The number of hydrogen-bond donors (Lipinski definition) is 0. The van der Waals surface area contributed by atoms with Gasteiger partial charge in [-0.2, -0.15) is 5.10 Å². The molecule has 2 saturated heterocycles. The molecule has 7 heteroatoms. The SMILES string of the molecule is Cc1cc2c(cnn2-c2ccc(F)cc2)cc1[C@@]12CN(C(=O)c3ccccc3)C[C@@H]1[C@H]2CN1CCOCC1. The fourth-order valence-electron chi connectivity index (χ4n) is 6.97. The summed E-state index contributed by atoms with van der Waals surface area (Å²) in [5, 5.41) is 5.71. The van der Waals surface area contributed by atoms with Crippen LogP contribution in [0.3, 0.4) is 0 Å². The minimum Gasteiger partial charge on any atom is -0.379 e. The molecule has 3 atom stereocenters. The van der Waals surface area contributed by atoms with E-state index in [1.165, 1.54) is 23.3 Å². The van der Waals surface area contributed by atoms with E-state index in [4.69, 9.17) is 4.74 Å². The van der Waals surface area contributed by atoms with Gasteiger partial charge in [-0.1, -0.05) is 18.2 Å². The van der Waals surface area contributed by atoms with Crippen molar-refractivity contribution in [2.75, 3.05) is 45.9 Å². The van der Waals surface area contributed by atoms with Crippen LogP contribution < -0.4 is 0 Å². The van der Waals surface area contributed by atoms with Crippen molar-refractivity contribution in [2.45, 2.75) is 12.3 Å². The minimum absolute atomic E-state index is 0.0566. The summed E-state index contributed by atoms with van der Waals surface area (Å²) >= 11 is 0. The van der Waals surface area contributed by atoms with Crippen LogP contribution in [0, 0.1) is 24.6 Å². The summed E-state index contributed by atoms with van der Waals surface area (Å²) in [6.07, 6.45) is 1.90. The van der Waals surface area contributed by atoms with Gasteiger partial charge in [0, 0.05) is 49.1 Å². The first-order valence-electron chi connectivity index (χ1n) is 13.4. The Kier molecular flexibility index (Phi) is 5.60. The van der Waals surface area contributed by atoms with Gasteiger partial charge in [-0.3, -0.25) is 9.69 Å². The van der Waals surface area contributed by atoms with E-state index in [0.717, 1.165) is 68.1 Å². The highest BCUT2D eigenvalue weighted by molar-refractivity contribution is 5.95. The molecule has 1 aliphatic carbocycles. The molecule has 194 valence electrons. The van der Waals surface area contributed by atoms with Crippen molar-refractivity contribution in [3.63, 3.8) is 0 Å². The van der Waals surface area contributed by atoms with E-state index in [9.17, 15) is 9.18 Å². The number of rotatable bonds is 5. The van der Waals surface area contributed by atoms with Crippen molar-refractivity contribution in [2.24, 2.45) is 11.8 Å². The fraction of sp³-hybridized carbons (Fsp3) is 0.355. The monoisotopic (exact) mass is 510 g/mol. The molecule has 3 aromatic carbocycles. The van der Waals surface area contributed by atoms with Gasteiger partial charge in [0.1, 0.15) is 5.82 Å². The predicted molar refractivity (Wildman–Crippen MR) is 144 cm³/mol. The molecule has 1 amide bonds. The van der Waals surface area contributed by atoms with Crippen molar-refractivity contribution in [3.8, 4) is 5.69 Å². The highest BCUT2D eigenvalue weighted by Crippen LogP contribution is 2.65. The fourth-order valence-corrected chi connectivity index (χ4v) is 6.97. The van der Waals surface area contributed by atoms with Crippen molar-refractivity contribution in [1.29, 1.82) is 0 Å².